The third-order valence-corrected chi connectivity index (χ3v) is 3.16. The van der Waals surface area contributed by atoms with E-state index in [1.807, 2.05) is 34.6 Å². The van der Waals surface area contributed by atoms with Gasteiger partial charge >= 0.3 is 9.28 Å². The summed E-state index contributed by atoms with van der Waals surface area (Å²) in [4.78, 5) is 0. The minimum absolute atomic E-state index is 0.210. The normalized spacial score (nSPS) is 10.7. The molecule has 0 aliphatic heterocycles. The maximum atomic E-state index is 5.54. The fraction of sp³-hybridized carbons (Fsp3) is 0.778. The van der Waals surface area contributed by atoms with E-state index in [9.17, 15) is 0 Å². The van der Waals surface area contributed by atoms with Gasteiger partial charge in [0.2, 0.25) is 0 Å². The van der Waals surface area contributed by atoms with Crippen LogP contribution in [-0.4, -0.2) is 21.5 Å². The van der Waals surface area contributed by atoms with Gasteiger partial charge in [-0.2, -0.15) is 0 Å². The molecule has 12 heavy (non-hydrogen) atoms. The van der Waals surface area contributed by atoms with E-state index >= 15 is 0 Å². The van der Waals surface area contributed by atoms with Gasteiger partial charge in [-0.15, -0.1) is 5.92 Å². The highest BCUT2D eigenvalue weighted by Gasteiger charge is 2.13. The zero-order chi connectivity index (χ0) is 9.56. The first-order chi connectivity index (χ1) is 5.56. The molecule has 2 nitrogen and oxygen atoms in total. The Morgan fingerprint density at radius 2 is 1.42 bits per heavy atom. The van der Waals surface area contributed by atoms with Gasteiger partial charge in [-0.3, -0.25) is 0 Å². The molecule has 0 saturated carbocycles. The van der Waals surface area contributed by atoms with Crippen molar-refractivity contribution in [2.75, 3.05) is 0 Å². The van der Waals surface area contributed by atoms with Crippen LogP contribution in [0.1, 0.15) is 34.6 Å². The highest BCUT2D eigenvalue weighted by molar-refractivity contribution is 6.54. The molecule has 0 aromatic carbocycles. The highest BCUT2D eigenvalue weighted by Crippen LogP contribution is 1.98. The van der Waals surface area contributed by atoms with Crippen molar-refractivity contribution in [3.05, 3.63) is 0 Å². The van der Waals surface area contributed by atoms with Crippen molar-refractivity contribution >= 4 is 9.28 Å². The molecular formula is C9H18O2Si. The van der Waals surface area contributed by atoms with Gasteiger partial charge in [0.05, 0.1) is 0 Å². The SMILES string of the molecule is CC#C[SiH](OC(C)C)OC(C)C. The molecule has 0 radical (unpaired) electrons. The van der Waals surface area contributed by atoms with Crippen LogP contribution in [-0.2, 0) is 8.85 Å². The average Bonchev–Trinajstić information content (AvgIpc) is 1.84. The summed E-state index contributed by atoms with van der Waals surface area (Å²) in [7, 11) is -1.71. The second kappa shape index (κ2) is 6.24. The van der Waals surface area contributed by atoms with Crippen molar-refractivity contribution in [2.24, 2.45) is 0 Å². The van der Waals surface area contributed by atoms with Crippen LogP contribution < -0.4 is 0 Å². The van der Waals surface area contributed by atoms with Crippen molar-refractivity contribution in [3.8, 4) is 11.5 Å². The van der Waals surface area contributed by atoms with E-state index in [-0.39, 0.29) is 12.2 Å². The van der Waals surface area contributed by atoms with E-state index < -0.39 is 9.28 Å². The predicted octanol–water partition coefficient (Wildman–Crippen LogP) is 1.62. The Morgan fingerprint density at radius 1 is 1.00 bits per heavy atom. The minimum atomic E-state index is -1.71. The van der Waals surface area contributed by atoms with Gasteiger partial charge < -0.3 is 8.85 Å². The van der Waals surface area contributed by atoms with Crippen LogP contribution in [0.2, 0.25) is 0 Å². The Kier molecular flexibility index (Phi) is 6.08. The molecule has 0 aliphatic carbocycles. The van der Waals surface area contributed by atoms with Crippen LogP contribution in [0, 0.1) is 11.5 Å². The second-order valence-electron chi connectivity index (χ2n) is 3.10. The van der Waals surface area contributed by atoms with Crippen LogP contribution in [0.4, 0.5) is 0 Å². The number of hydrogen-bond donors (Lipinski definition) is 0. The van der Waals surface area contributed by atoms with Crippen LogP contribution in [0.25, 0.3) is 0 Å². The first kappa shape index (κ1) is 11.7. The summed E-state index contributed by atoms with van der Waals surface area (Å²) in [6, 6.07) is 0. The van der Waals surface area contributed by atoms with Gasteiger partial charge in [0.25, 0.3) is 0 Å². The molecule has 0 spiro atoms. The van der Waals surface area contributed by atoms with Crippen LogP contribution in [0.5, 0.6) is 0 Å². The lowest BCUT2D eigenvalue weighted by molar-refractivity contribution is 0.140. The minimum Gasteiger partial charge on any atom is -0.385 e. The average molecular weight is 186 g/mol. The molecule has 0 unspecified atom stereocenters. The lowest BCUT2D eigenvalue weighted by atomic mass is 10.5. The number of rotatable bonds is 4. The van der Waals surface area contributed by atoms with Crippen molar-refractivity contribution in [1.82, 2.24) is 0 Å². The van der Waals surface area contributed by atoms with Crippen LogP contribution in [0.3, 0.4) is 0 Å². The summed E-state index contributed by atoms with van der Waals surface area (Å²) >= 11 is 0. The first-order valence-corrected chi connectivity index (χ1v) is 5.81. The second-order valence-corrected chi connectivity index (χ2v) is 4.59. The lowest BCUT2D eigenvalue weighted by Crippen LogP contribution is -2.28. The fourth-order valence-electron chi connectivity index (χ4n) is 0.712. The molecular weight excluding hydrogens is 168 g/mol. The molecule has 0 saturated heterocycles. The largest absolute Gasteiger partial charge is 0.407 e. The molecule has 0 rings (SSSR count). The van der Waals surface area contributed by atoms with Gasteiger partial charge in [0.1, 0.15) is 0 Å². The van der Waals surface area contributed by atoms with E-state index in [0.29, 0.717) is 0 Å². The summed E-state index contributed by atoms with van der Waals surface area (Å²) in [6.45, 7) is 9.82. The third kappa shape index (κ3) is 6.41. The molecule has 0 aliphatic rings. The van der Waals surface area contributed by atoms with Gasteiger partial charge in [-0.1, -0.05) is 5.54 Å². The summed E-state index contributed by atoms with van der Waals surface area (Å²) in [6.07, 6.45) is 0.419. The van der Waals surface area contributed by atoms with E-state index in [2.05, 4.69) is 11.5 Å². The Balaban J connectivity index is 3.92. The standard InChI is InChI=1S/C9H18O2Si/c1-6-7-12(10-8(2)3)11-9(4)5/h8-9,12H,1-5H3. The fourth-order valence-corrected chi connectivity index (χ4v) is 2.14. The Hall–Kier alpha value is -0.303. The summed E-state index contributed by atoms with van der Waals surface area (Å²) in [5.41, 5.74) is 2.99. The van der Waals surface area contributed by atoms with Crippen molar-refractivity contribution < 1.29 is 8.85 Å². The monoisotopic (exact) mass is 186 g/mol. The predicted molar refractivity (Wildman–Crippen MR) is 53.0 cm³/mol. The molecule has 0 amide bonds. The van der Waals surface area contributed by atoms with Gasteiger partial charge in [0, 0.05) is 12.2 Å². The molecule has 0 aromatic rings. The van der Waals surface area contributed by atoms with Crippen molar-refractivity contribution in [3.63, 3.8) is 0 Å². The van der Waals surface area contributed by atoms with Crippen molar-refractivity contribution in [1.29, 1.82) is 0 Å². The summed E-state index contributed by atoms with van der Waals surface area (Å²) < 4.78 is 11.1. The lowest BCUT2D eigenvalue weighted by Gasteiger charge is -2.16. The molecule has 0 aromatic heterocycles. The summed E-state index contributed by atoms with van der Waals surface area (Å²) in [5, 5.41) is 0. The molecule has 0 N–H and O–H groups in total. The van der Waals surface area contributed by atoms with Crippen molar-refractivity contribution in [2.45, 2.75) is 46.8 Å². The van der Waals surface area contributed by atoms with Gasteiger partial charge in [0.15, 0.2) is 0 Å². The van der Waals surface area contributed by atoms with E-state index in [4.69, 9.17) is 8.85 Å². The Bertz CT molecular complexity index is 157. The third-order valence-electron chi connectivity index (χ3n) is 1.05. The topological polar surface area (TPSA) is 18.5 Å². The van der Waals surface area contributed by atoms with Gasteiger partial charge in [-0.25, -0.2) is 0 Å². The van der Waals surface area contributed by atoms with Crippen LogP contribution >= 0.6 is 0 Å². The number of hydrogen-bond acceptors (Lipinski definition) is 2. The Morgan fingerprint density at radius 3 is 1.67 bits per heavy atom. The molecule has 0 fully saturated rings. The summed E-state index contributed by atoms with van der Waals surface area (Å²) in [5.74, 6) is 2.84. The Labute approximate surface area is 77.1 Å². The smallest absolute Gasteiger partial charge is 0.385 e. The molecule has 0 heterocycles. The molecule has 0 atom stereocenters. The molecule has 70 valence electrons. The first-order valence-electron chi connectivity index (χ1n) is 4.29. The van der Waals surface area contributed by atoms with Crippen LogP contribution in [0.15, 0.2) is 0 Å². The highest BCUT2D eigenvalue weighted by atomic mass is 28.3. The maximum absolute atomic E-state index is 5.54. The molecule has 0 bridgehead atoms. The quantitative estimate of drug-likeness (QED) is 0.490. The zero-order valence-corrected chi connectivity index (χ0v) is 9.70. The molecule has 3 heteroatoms. The van der Waals surface area contributed by atoms with E-state index in [1.165, 1.54) is 0 Å². The maximum Gasteiger partial charge on any atom is 0.407 e. The van der Waals surface area contributed by atoms with Gasteiger partial charge in [-0.05, 0) is 34.6 Å². The zero-order valence-electron chi connectivity index (χ0n) is 8.55. The van der Waals surface area contributed by atoms with E-state index in [1.54, 1.807) is 0 Å². The van der Waals surface area contributed by atoms with E-state index in [0.717, 1.165) is 0 Å².